The molecule has 0 spiro atoms. The number of carbonyl (C=O) groups is 1. The molecule has 0 aromatic heterocycles. The Morgan fingerprint density at radius 2 is 1.85 bits per heavy atom. The van der Waals surface area contributed by atoms with Crippen LogP contribution in [0.2, 0.25) is 0 Å². The Hall–Kier alpha value is -0.280. The van der Waals surface area contributed by atoms with Crippen molar-refractivity contribution in [1.29, 1.82) is 0 Å². The minimum absolute atomic E-state index is 0. The van der Waals surface area contributed by atoms with Crippen LogP contribution in [0.25, 0.3) is 0 Å². The van der Waals surface area contributed by atoms with Crippen LogP contribution < -0.4 is 5.73 Å². The molecule has 0 bridgehead atoms. The van der Waals surface area contributed by atoms with Gasteiger partial charge in [0.1, 0.15) is 0 Å². The third kappa shape index (κ3) is 4.63. The van der Waals surface area contributed by atoms with E-state index in [-0.39, 0.29) is 17.8 Å². The first-order valence-corrected chi connectivity index (χ1v) is 8.13. The summed E-state index contributed by atoms with van der Waals surface area (Å²) in [5, 5.41) is 0. The first kappa shape index (κ1) is 17.8. The molecule has 1 saturated heterocycles. The topological polar surface area (TPSA) is 46.3 Å². The van der Waals surface area contributed by atoms with Crippen molar-refractivity contribution in [1.82, 2.24) is 4.90 Å². The lowest BCUT2D eigenvalue weighted by atomic mass is 9.71. The van der Waals surface area contributed by atoms with Crippen molar-refractivity contribution in [2.24, 2.45) is 17.1 Å². The summed E-state index contributed by atoms with van der Waals surface area (Å²) in [6.07, 6.45) is 10.4. The van der Waals surface area contributed by atoms with Crippen LogP contribution >= 0.6 is 12.4 Å². The van der Waals surface area contributed by atoms with Crippen molar-refractivity contribution in [3.05, 3.63) is 0 Å². The molecule has 20 heavy (non-hydrogen) atoms. The Kier molecular flexibility index (Phi) is 7.32. The number of halogens is 1. The van der Waals surface area contributed by atoms with Crippen LogP contribution in [0.15, 0.2) is 0 Å². The Balaban J connectivity index is 0.00000200. The van der Waals surface area contributed by atoms with Gasteiger partial charge in [-0.15, -0.1) is 12.4 Å². The summed E-state index contributed by atoms with van der Waals surface area (Å²) in [6, 6.07) is 0. The number of amides is 1. The summed E-state index contributed by atoms with van der Waals surface area (Å²) in [4.78, 5) is 14.7. The van der Waals surface area contributed by atoms with Gasteiger partial charge in [-0.2, -0.15) is 0 Å². The lowest BCUT2D eigenvalue weighted by Gasteiger charge is -2.37. The second-order valence-corrected chi connectivity index (χ2v) is 6.86. The van der Waals surface area contributed by atoms with Gasteiger partial charge in [-0.05, 0) is 50.0 Å². The van der Waals surface area contributed by atoms with Gasteiger partial charge in [0, 0.05) is 19.5 Å². The van der Waals surface area contributed by atoms with Crippen LogP contribution in [0.3, 0.4) is 0 Å². The van der Waals surface area contributed by atoms with E-state index in [0.717, 1.165) is 31.8 Å². The standard InChI is InChI=1S/C16H30N2O.ClH/c1-14-6-5-10-18(11-7-14)15(19)12-16(13-17)8-3-2-4-9-16;/h14H,2-13,17H2,1H3;1H. The molecule has 2 N–H and O–H groups in total. The van der Waals surface area contributed by atoms with E-state index in [0.29, 0.717) is 18.9 Å². The van der Waals surface area contributed by atoms with Crippen LogP contribution in [0.4, 0.5) is 0 Å². The Labute approximate surface area is 130 Å². The summed E-state index contributed by atoms with van der Waals surface area (Å²) in [7, 11) is 0. The molecule has 1 aliphatic heterocycles. The van der Waals surface area contributed by atoms with Gasteiger partial charge in [-0.1, -0.05) is 26.2 Å². The van der Waals surface area contributed by atoms with Gasteiger partial charge in [0.2, 0.25) is 5.91 Å². The normalized spacial score (nSPS) is 26.5. The van der Waals surface area contributed by atoms with E-state index in [1.807, 2.05) is 0 Å². The van der Waals surface area contributed by atoms with E-state index in [1.54, 1.807) is 0 Å². The van der Waals surface area contributed by atoms with Crippen molar-refractivity contribution in [3.63, 3.8) is 0 Å². The SMILES string of the molecule is CC1CCCN(C(=O)CC2(CN)CCCCC2)CC1.Cl. The van der Waals surface area contributed by atoms with Crippen LogP contribution in [0, 0.1) is 11.3 Å². The highest BCUT2D eigenvalue weighted by atomic mass is 35.5. The second kappa shape index (κ2) is 8.23. The number of hydrogen-bond donors (Lipinski definition) is 1. The predicted molar refractivity (Wildman–Crippen MR) is 86.0 cm³/mol. The molecule has 3 nitrogen and oxygen atoms in total. The lowest BCUT2D eigenvalue weighted by molar-refractivity contribution is -0.134. The third-order valence-corrected chi connectivity index (χ3v) is 5.24. The molecule has 0 radical (unpaired) electrons. The van der Waals surface area contributed by atoms with Gasteiger partial charge in [0.25, 0.3) is 0 Å². The first-order valence-electron chi connectivity index (χ1n) is 8.13. The highest BCUT2D eigenvalue weighted by molar-refractivity contribution is 5.85. The van der Waals surface area contributed by atoms with E-state index in [9.17, 15) is 4.79 Å². The third-order valence-electron chi connectivity index (χ3n) is 5.24. The van der Waals surface area contributed by atoms with Gasteiger partial charge in [0.05, 0.1) is 0 Å². The maximum absolute atomic E-state index is 12.6. The van der Waals surface area contributed by atoms with Gasteiger partial charge in [-0.3, -0.25) is 4.79 Å². The maximum atomic E-state index is 12.6. The zero-order chi connectivity index (χ0) is 13.7. The van der Waals surface area contributed by atoms with Crippen molar-refractivity contribution in [2.75, 3.05) is 19.6 Å². The van der Waals surface area contributed by atoms with Crippen molar-refractivity contribution < 1.29 is 4.79 Å². The molecule has 118 valence electrons. The summed E-state index contributed by atoms with van der Waals surface area (Å²) in [5.74, 6) is 1.14. The summed E-state index contributed by atoms with van der Waals surface area (Å²) >= 11 is 0. The second-order valence-electron chi connectivity index (χ2n) is 6.86. The molecule has 2 rings (SSSR count). The number of likely N-dealkylation sites (tertiary alicyclic amines) is 1. The van der Waals surface area contributed by atoms with E-state index < -0.39 is 0 Å². The quantitative estimate of drug-likeness (QED) is 0.869. The number of carbonyl (C=O) groups excluding carboxylic acids is 1. The smallest absolute Gasteiger partial charge is 0.223 e. The molecule has 0 aromatic carbocycles. The van der Waals surface area contributed by atoms with Crippen molar-refractivity contribution >= 4 is 18.3 Å². The molecular formula is C16H31ClN2O. The Morgan fingerprint density at radius 3 is 2.50 bits per heavy atom. The molecule has 1 amide bonds. The fraction of sp³-hybridized carbons (Fsp3) is 0.938. The van der Waals surface area contributed by atoms with Crippen LogP contribution in [0.1, 0.15) is 64.7 Å². The molecule has 0 aromatic rings. The van der Waals surface area contributed by atoms with Gasteiger partial charge < -0.3 is 10.6 Å². The van der Waals surface area contributed by atoms with Crippen LogP contribution in [-0.4, -0.2) is 30.4 Å². The molecule has 4 heteroatoms. The van der Waals surface area contributed by atoms with Crippen molar-refractivity contribution in [3.8, 4) is 0 Å². The largest absolute Gasteiger partial charge is 0.343 e. The van der Waals surface area contributed by atoms with Crippen LogP contribution in [-0.2, 0) is 4.79 Å². The first-order chi connectivity index (χ1) is 9.15. The molecule has 2 aliphatic rings. The van der Waals surface area contributed by atoms with Gasteiger partial charge in [0.15, 0.2) is 0 Å². The highest BCUT2D eigenvalue weighted by Crippen LogP contribution is 2.39. The van der Waals surface area contributed by atoms with Crippen LogP contribution in [0.5, 0.6) is 0 Å². The molecule has 1 saturated carbocycles. The predicted octanol–water partition coefficient (Wildman–Crippen LogP) is 3.36. The van der Waals surface area contributed by atoms with Gasteiger partial charge in [-0.25, -0.2) is 0 Å². The van der Waals surface area contributed by atoms with E-state index in [4.69, 9.17) is 5.73 Å². The van der Waals surface area contributed by atoms with E-state index in [1.165, 1.54) is 38.5 Å². The minimum Gasteiger partial charge on any atom is -0.343 e. The molecular weight excluding hydrogens is 272 g/mol. The summed E-state index contributed by atoms with van der Waals surface area (Å²) in [5.41, 5.74) is 6.12. The fourth-order valence-electron chi connectivity index (χ4n) is 3.70. The van der Waals surface area contributed by atoms with E-state index in [2.05, 4.69) is 11.8 Å². The summed E-state index contributed by atoms with van der Waals surface area (Å²) < 4.78 is 0. The molecule has 1 heterocycles. The van der Waals surface area contributed by atoms with Crippen molar-refractivity contribution in [2.45, 2.75) is 64.7 Å². The zero-order valence-corrected chi connectivity index (χ0v) is 13.7. The zero-order valence-electron chi connectivity index (χ0n) is 12.9. The number of nitrogens with zero attached hydrogens (tertiary/aromatic N) is 1. The average Bonchev–Trinajstić information content (AvgIpc) is 2.64. The molecule has 2 fully saturated rings. The maximum Gasteiger partial charge on any atom is 0.223 e. The Morgan fingerprint density at radius 1 is 1.15 bits per heavy atom. The van der Waals surface area contributed by atoms with E-state index >= 15 is 0 Å². The Bertz CT molecular complexity index is 303. The average molecular weight is 303 g/mol. The highest BCUT2D eigenvalue weighted by Gasteiger charge is 2.34. The number of rotatable bonds is 3. The lowest BCUT2D eigenvalue weighted by Crippen LogP contribution is -2.41. The number of nitrogens with two attached hydrogens (primary N) is 1. The van der Waals surface area contributed by atoms with Gasteiger partial charge >= 0.3 is 0 Å². The molecule has 1 aliphatic carbocycles. The summed E-state index contributed by atoms with van der Waals surface area (Å²) in [6.45, 7) is 4.91. The fourth-order valence-corrected chi connectivity index (χ4v) is 3.70. The minimum atomic E-state index is 0. The monoisotopic (exact) mass is 302 g/mol. The molecule has 1 atom stereocenters. The number of hydrogen-bond acceptors (Lipinski definition) is 2. The molecule has 1 unspecified atom stereocenters.